The monoisotopic (exact) mass is 352 g/mol. The standard InChI is InChI=1S/C10H7BrClFN2O2S/c11-8-1-2-9(13)7(3-8)4-15-5-10(14-6-15)18(12,16)17/h1-3,5-6H,4H2. The van der Waals surface area contributed by atoms with Crippen LogP contribution in [-0.2, 0) is 15.6 Å². The molecule has 4 nitrogen and oxygen atoms in total. The molecule has 0 N–H and O–H groups in total. The molecule has 1 heterocycles. The Morgan fingerprint density at radius 1 is 1.44 bits per heavy atom. The molecule has 0 aliphatic heterocycles. The minimum Gasteiger partial charge on any atom is -0.332 e. The maximum absolute atomic E-state index is 13.5. The number of nitrogens with zero attached hydrogens (tertiary/aromatic N) is 2. The van der Waals surface area contributed by atoms with E-state index in [9.17, 15) is 12.8 Å². The van der Waals surface area contributed by atoms with Gasteiger partial charge in [-0.3, -0.25) is 0 Å². The second kappa shape index (κ2) is 4.99. The molecule has 2 rings (SSSR count). The molecule has 0 unspecified atom stereocenters. The minimum atomic E-state index is -3.86. The molecule has 0 saturated heterocycles. The van der Waals surface area contributed by atoms with Gasteiger partial charge in [-0.25, -0.2) is 17.8 Å². The fourth-order valence-electron chi connectivity index (χ4n) is 1.41. The number of rotatable bonds is 3. The van der Waals surface area contributed by atoms with Crippen molar-refractivity contribution in [1.29, 1.82) is 0 Å². The van der Waals surface area contributed by atoms with E-state index in [4.69, 9.17) is 10.7 Å². The van der Waals surface area contributed by atoms with E-state index in [0.717, 1.165) is 4.47 Å². The van der Waals surface area contributed by atoms with Crippen molar-refractivity contribution in [3.63, 3.8) is 0 Å². The summed E-state index contributed by atoms with van der Waals surface area (Å²) in [6.07, 6.45) is 2.54. The van der Waals surface area contributed by atoms with Gasteiger partial charge in [0.2, 0.25) is 0 Å². The van der Waals surface area contributed by atoms with E-state index in [-0.39, 0.29) is 17.4 Å². The fraction of sp³-hybridized carbons (Fsp3) is 0.100. The van der Waals surface area contributed by atoms with Gasteiger partial charge in [-0.1, -0.05) is 15.9 Å². The summed E-state index contributed by atoms with van der Waals surface area (Å²) < 4.78 is 37.7. The van der Waals surface area contributed by atoms with Gasteiger partial charge in [-0.15, -0.1) is 0 Å². The predicted molar refractivity (Wildman–Crippen MR) is 68.5 cm³/mol. The van der Waals surface area contributed by atoms with Gasteiger partial charge >= 0.3 is 0 Å². The summed E-state index contributed by atoms with van der Waals surface area (Å²) in [5.74, 6) is -0.373. The van der Waals surface area contributed by atoms with Gasteiger partial charge < -0.3 is 4.57 Å². The quantitative estimate of drug-likeness (QED) is 0.797. The summed E-state index contributed by atoms with van der Waals surface area (Å²) in [7, 11) is 1.29. The van der Waals surface area contributed by atoms with E-state index >= 15 is 0 Å². The van der Waals surface area contributed by atoms with Crippen LogP contribution in [0.3, 0.4) is 0 Å². The summed E-state index contributed by atoms with van der Waals surface area (Å²) in [5, 5.41) is -0.250. The lowest BCUT2D eigenvalue weighted by atomic mass is 10.2. The number of imidazole rings is 1. The Kier molecular flexibility index (Phi) is 3.74. The van der Waals surface area contributed by atoms with Crippen molar-refractivity contribution < 1.29 is 12.8 Å². The van der Waals surface area contributed by atoms with E-state index < -0.39 is 9.05 Å². The van der Waals surface area contributed by atoms with Crippen molar-refractivity contribution in [3.05, 3.63) is 46.6 Å². The third-order valence-corrected chi connectivity index (χ3v) is 3.90. The Balaban J connectivity index is 2.29. The molecule has 1 aromatic carbocycles. The predicted octanol–water partition coefficient (Wildman–Crippen LogP) is 2.76. The van der Waals surface area contributed by atoms with Gasteiger partial charge in [0, 0.05) is 26.9 Å². The van der Waals surface area contributed by atoms with E-state index in [2.05, 4.69) is 20.9 Å². The first-order valence-corrected chi connectivity index (χ1v) is 7.87. The van der Waals surface area contributed by atoms with Crippen LogP contribution < -0.4 is 0 Å². The van der Waals surface area contributed by atoms with E-state index in [0.29, 0.717) is 5.56 Å². The van der Waals surface area contributed by atoms with Crippen LogP contribution in [0.15, 0.2) is 40.2 Å². The topological polar surface area (TPSA) is 52.0 Å². The lowest BCUT2D eigenvalue weighted by Crippen LogP contribution is -1.99. The van der Waals surface area contributed by atoms with Crippen molar-refractivity contribution >= 4 is 35.7 Å². The lowest BCUT2D eigenvalue weighted by Gasteiger charge is -2.04. The number of benzene rings is 1. The maximum Gasteiger partial charge on any atom is 0.280 e. The molecule has 0 atom stereocenters. The van der Waals surface area contributed by atoms with Gasteiger partial charge in [0.15, 0.2) is 5.03 Å². The Labute approximate surface area is 116 Å². The largest absolute Gasteiger partial charge is 0.332 e. The highest BCUT2D eigenvalue weighted by Crippen LogP contribution is 2.18. The first-order valence-electron chi connectivity index (χ1n) is 4.76. The zero-order valence-corrected chi connectivity index (χ0v) is 12.0. The van der Waals surface area contributed by atoms with Gasteiger partial charge in [-0.2, -0.15) is 0 Å². The first-order chi connectivity index (χ1) is 8.36. The highest BCUT2D eigenvalue weighted by molar-refractivity contribution is 9.10. The van der Waals surface area contributed by atoms with Crippen LogP contribution in [0.4, 0.5) is 4.39 Å². The molecule has 0 bridgehead atoms. The second-order valence-electron chi connectivity index (χ2n) is 3.56. The Morgan fingerprint density at radius 2 is 2.17 bits per heavy atom. The summed E-state index contributed by atoms with van der Waals surface area (Å²) in [6.45, 7) is 0.171. The number of hydrogen-bond acceptors (Lipinski definition) is 3. The molecule has 18 heavy (non-hydrogen) atoms. The van der Waals surface area contributed by atoms with Crippen LogP contribution in [0.25, 0.3) is 0 Å². The van der Waals surface area contributed by atoms with Crippen LogP contribution in [-0.4, -0.2) is 18.0 Å². The number of hydrogen-bond donors (Lipinski definition) is 0. The molecule has 1 aromatic heterocycles. The Bertz CT molecular complexity index is 687. The second-order valence-corrected chi connectivity index (χ2v) is 6.99. The van der Waals surface area contributed by atoms with Crippen molar-refractivity contribution in [2.24, 2.45) is 0 Å². The first kappa shape index (κ1) is 13.5. The third kappa shape index (κ3) is 3.09. The molecule has 0 saturated carbocycles. The SMILES string of the molecule is O=S(=O)(Cl)c1cn(Cc2cc(Br)ccc2F)cn1. The van der Waals surface area contributed by atoms with Crippen molar-refractivity contribution in [2.45, 2.75) is 11.6 Å². The van der Waals surface area contributed by atoms with Gasteiger partial charge in [0.05, 0.1) is 12.9 Å². The minimum absolute atomic E-state index is 0.171. The van der Waals surface area contributed by atoms with Crippen LogP contribution >= 0.6 is 26.6 Å². The zero-order valence-electron chi connectivity index (χ0n) is 8.85. The molecule has 0 fully saturated rings. The summed E-state index contributed by atoms with van der Waals surface area (Å²) >= 11 is 3.24. The van der Waals surface area contributed by atoms with E-state index in [1.54, 1.807) is 12.1 Å². The number of aromatic nitrogens is 2. The Morgan fingerprint density at radius 3 is 2.78 bits per heavy atom. The Hall–Kier alpha value is -0.920. The van der Waals surface area contributed by atoms with Crippen molar-refractivity contribution in [3.8, 4) is 0 Å². The lowest BCUT2D eigenvalue weighted by molar-refractivity contribution is 0.598. The van der Waals surface area contributed by atoms with Crippen molar-refractivity contribution in [1.82, 2.24) is 9.55 Å². The van der Waals surface area contributed by atoms with E-state index in [1.807, 2.05) is 0 Å². The normalized spacial score (nSPS) is 11.7. The van der Waals surface area contributed by atoms with Gasteiger partial charge in [0.25, 0.3) is 9.05 Å². The van der Waals surface area contributed by atoms with Gasteiger partial charge in [-0.05, 0) is 18.2 Å². The third-order valence-electron chi connectivity index (χ3n) is 2.22. The molecule has 0 aliphatic carbocycles. The van der Waals surface area contributed by atoms with Crippen LogP contribution in [0, 0.1) is 5.82 Å². The molecule has 0 aliphatic rings. The highest BCUT2D eigenvalue weighted by Gasteiger charge is 2.14. The van der Waals surface area contributed by atoms with Crippen LogP contribution in [0.5, 0.6) is 0 Å². The average molecular weight is 354 g/mol. The van der Waals surface area contributed by atoms with Crippen LogP contribution in [0.1, 0.15) is 5.56 Å². The highest BCUT2D eigenvalue weighted by atomic mass is 79.9. The maximum atomic E-state index is 13.5. The van der Waals surface area contributed by atoms with Crippen molar-refractivity contribution in [2.75, 3.05) is 0 Å². The molecule has 8 heteroatoms. The van der Waals surface area contributed by atoms with E-state index in [1.165, 1.54) is 23.2 Å². The summed E-state index contributed by atoms with van der Waals surface area (Å²) in [4.78, 5) is 3.64. The molecule has 0 amide bonds. The molecular weight excluding hydrogens is 347 g/mol. The molecule has 96 valence electrons. The molecule has 0 radical (unpaired) electrons. The smallest absolute Gasteiger partial charge is 0.280 e. The molecule has 2 aromatic rings. The van der Waals surface area contributed by atoms with Crippen LogP contribution in [0.2, 0.25) is 0 Å². The number of halogens is 3. The summed E-state index contributed by atoms with van der Waals surface area (Å²) in [6, 6.07) is 4.53. The zero-order chi connectivity index (χ0) is 13.3. The average Bonchev–Trinajstić information content (AvgIpc) is 2.71. The molecular formula is C10H7BrClFN2O2S. The fourth-order valence-corrected chi connectivity index (χ4v) is 2.50. The summed E-state index contributed by atoms with van der Waals surface area (Å²) in [5.41, 5.74) is 0.417. The van der Waals surface area contributed by atoms with Gasteiger partial charge in [0.1, 0.15) is 5.82 Å². The molecule has 0 spiro atoms.